The molecular weight excluding hydrogens is 414 g/mol. The summed E-state index contributed by atoms with van der Waals surface area (Å²) in [5.41, 5.74) is 6.35. The molecular formula is C27H35N3O3. The van der Waals surface area contributed by atoms with Gasteiger partial charge in [-0.1, -0.05) is 25.1 Å². The van der Waals surface area contributed by atoms with Crippen LogP contribution < -0.4 is 10.8 Å². The van der Waals surface area contributed by atoms with E-state index < -0.39 is 5.91 Å². The Morgan fingerprint density at radius 3 is 2.55 bits per heavy atom. The minimum Gasteiger partial charge on any atom is -0.326 e. The number of carbonyl (C=O) groups excluding carboxylic acids is 2. The molecule has 3 N–H and O–H groups in total. The van der Waals surface area contributed by atoms with E-state index in [0.717, 1.165) is 56.4 Å². The average molecular weight is 450 g/mol. The highest BCUT2D eigenvalue weighted by atomic mass is 16.5. The number of carbonyl (C=O) groups is 2. The second-order valence-electron chi connectivity index (χ2n) is 10.1. The first-order chi connectivity index (χ1) is 15.8. The second kappa shape index (κ2) is 9.65. The fourth-order valence-corrected chi connectivity index (χ4v) is 5.16. The number of aryl methyl sites for hydroxylation is 1. The van der Waals surface area contributed by atoms with Crippen LogP contribution in [0.5, 0.6) is 0 Å². The van der Waals surface area contributed by atoms with Crippen molar-refractivity contribution < 1.29 is 14.8 Å². The minimum absolute atomic E-state index is 0.117. The maximum Gasteiger partial charge on any atom is 0.274 e. The Bertz CT molecular complexity index is 1030. The van der Waals surface area contributed by atoms with Crippen LogP contribution in [0.15, 0.2) is 42.5 Å². The van der Waals surface area contributed by atoms with Gasteiger partial charge in [0.15, 0.2) is 0 Å². The number of hydrogen-bond donors (Lipinski definition) is 3. The largest absolute Gasteiger partial charge is 0.326 e. The summed E-state index contributed by atoms with van der Waals surface area (Å²) < 4.78 is 0. The highest BCUT2D eigenvalue weighted by Crippen LogP contribution is 2.36. The van der Waals surface area contributed by atoms with E-state index in [1.165, 1.54) is 11.1 Å². The number of likely N-dealkylation sites (tertiary alicyclic amines) is 1. The van der Waals surface area contributed by atoms with Gasteiger partial charge in [-0.15, -0.1) is 0 Å². The van der Waals surface area contributed by atoms with Gasteiger partial charge in [-0.05, 0) is 106 Å². The summed E-state index contributed by atoms with van der Waals surface area (Å²) in [6.07, 6.45) is 4.53. The second-order valence-corrected chi connectivity index (χ2v) is 10.1. The predicted octanol–water partition coefficient (Wildman–Crippen LogP) is 4.53. The van der Waals surface area contributed by atoms with Crippen LogP contribution in [0.25, 0.3) is 0 Å². The third-order valence-electron chi connectivity index (χ3n) is 7.59. The van der Waals surface area contributed by atoms with E-state index in [0.29, 0.717) is 17.5 Å². The fraction of sp³-hybridized carbons (Fsp3) is 0.481. The SMILES string of the molecule is CC(C)N1CCC(C)(C(=O)Nc2cccc(C3CCc4cc(C(=O)NO)ccc4C3)c2)CC1. The summed E-state index contributed by atoms with van der Waals surface area (Å²) in [7, 11) is 0. The molecule has 33 heavy (non-hydrogen) atoms. The topological polar surface area (TPSA) is 81.7 Å². The third-order valence-corrected chi connectivity index (χ3v) is 7.59. The van der Waals surface area contributed by atoms with Gasteiger partial charge >= 0.3 is 0 Å². The van der Waals surface area contributed by atoms with E-state index in [1.807, 2.05) is 24.3 Å². The zero-order chi connectivity index (χ0) is 23.6. The number of hydroxylamine groups is 1. The molecule has 2 aromatic rings. The van der Waals surface area contributed by atoms with Crippen LogP contribution in [-0.2, 0) is 17.6 Å². The maximum absolute atomic E-state index is 13.1. The number of rotatable bonds is 5. The number of nitrogens with one attached hydrogen (secondary N) is 2. The zero-order valence-corrected chi connectivity index (χ0v) is 19.9. The van der Waals surface area contributed by atoms with E-state index in [9.17, 15) is 9.59 Å². The van der Waals surface area contributed by atoms with Crippen LogP contribution in [-0.4, -0.2) is 41.1 Å². The third kappa shape index (κ3) is 5.12. The first kappa shape index (κ1) is 23.5. The Balaban J connectivity index is 1.42. The van der Waals surface area contributed by atoms with Gasteiger partial charge < -0.3 is 10.2 Å². The quantitative estimate of drug-likeness (QED) is 0.463. The molecule has 1 aliphatic heterocycles. The molecule has 2 aromatic carbocycles. The molecule has 1 heterocycles. The van der Waals surface area contributed by atoms with Gasteiger partial charge in [0, 0.05) is 22.7 Å². The van der Waals surface area contributed by atoms with Gasteiger partial charge in [0.25, 0.3) is 5.91 Å². The van der Waals surface area contributed by atoms with Crippen LogP contribution in [0.3, 0.4) is 0 Å². The molecule has 1 aliphatic carbocycles. The standard InChI is InChI=1S/C27H35N3O3/c1-18(2)30-13-11-27(3,12-14-30)26(32)28-24-6-4-5-19(17-24)20-7-8-22-16-23(25(31)29-33)10-9-21(22)15-20/h4-6,9-10,16-18,20,33H,7-8,11-15H2,1-3H3,(H,28,32)(H,29,31). The summed E-state index contributed by atoms with van der Waals surface area (Å²) in [5, 5.41) is 12.1. The van der Waals surface area contributed by atoms with Crippen LogP contribution in [0.2, 0.25) is 0 Å². The molecule has 0 bridgehead atoms. The molecule has 1 saturated heterocycles. The Morgan fingerprint density at radius 1 is 1.09 bits per heavy atom. The van der Waals surface area contributed by atoms with E-state index in [1.54, 1.807) is 11.5 Å². The van der Waals surface area contributed by atoms with Crippen molar-refractivity contribution in [3.63, 3.8) is 0 Å². The molecule has 6 heteroatoms. The number of hydrogen-bond acceptors (Lipinski definition) is 4. The maximum atomic E-state index is 13.1. The highest BCUT2D eigenvalue weighted by molar-refractivity contribution is 5.95. The number of amides is 2. The first-order valence-electron chi connectivity index (χ1n) is 12.0. The monoisotopic (exact) mass is 449 g/mol. The van der Waals surface area contributed by atoms with Crippen molar-refractivity contribution in [1.82, 2.24) is 10.4 Å². The molecule has 1 unspecified atom stereocenters. The van der Waals surface area contributed by atoms with Gasteiger partial charge in [-0.3, -0.25) is 14.8 Å². The van der Waals surface area contributed by atoms with E-state index in [2.05, 4.69) is 43.1 Å². The molecule has 2 amide bonds. The number of benzene rings is 2. The van der Waals surface area contributed by atoms with E-state index in [-0.39, 0.29) is 11.3 Å². The summed E-state index contributed by atoms with van der Waals surface area (Å²) in [6, 6.07) is 14.4. The van der Waals surface area contributed by atoms with Crippen molar-refractivity contribution >= 4 is 17.5 Å². The van der Waals surface area contributed by atoms with Crippen LogP contribution in [0.1, 0.15) is 73.0 Å². The van der Waals surface area contributed by atoms with Crippen LogP contribution >= 0.6 is 0 Å². The molecule has 0 saturated carbocycles. The van der Waals surface area contributed by atoms with Crippen molar-refractivity contribution in [1.29, 1.82) is 0 Å². The lowest BCUT2D eigenvalue weighted by molar-refractivity contribution is -0.127. The molecule has 0 spiro atoms. The van der Waals surface area contributed by atoms with Gasteiger partial charge in [0.2, 0.25) is 5.91 Å². The lowest BCUT2D eigenvalue weighted by atomic mass is 9.78. The average Bonchev–Trinajstić information content (AvgIpc) is 2.83. The minimum atomic E-state index is -0.480. The van der Waals surface area contributed by atoms with Crippen molar-refractivity contribution in [3.05, 3.63) is 64.7 Å². The van der Waals surface area contributed by atoms with Crippen LogP contribution in [0, 0.1) is 5.41 Å². The lowest BCUT2D eigenvalue weighted by Gasteiger charge is -2.40. The number of piperidine rings is 1. The molecule has 0 aromatic heterocycles. The zero-order valence-electron chi connectivity index (χ0n) is 19.9. The smallest absolute Gasteiger partial charge is 0.274 e. The number of fused-ring (bicyclic) bond motifs is 1. The summed E-state index contributed by atoms with van der Waals surface area (Å²) in [5.74, 6) is 0.00964. The van der Waals surface area contributed by atoms with E-state index >= 15 is 0 Å². The molecule has 4 rings (SSSR count). The van der Waals surface area contributed by atoms with Gasteiger partial charge in [0.1, 0.15) is 0 Å². The van der Waals surface area contributed by atoms with Gasteiger partial charge in [0.05, 0.1) is 0 Å². The summed E-state index contributed by atoms with van der Waals surface area (Å²) >= 11 is 0. The molecule has 6 nitrogen and oxygen atoms in total. The summed E-state index contributed by atoms with van der Waals surface area (Å²) in [4.78, 5) is 27.3. The Labute approximate surface area is 196 Å². The van der Waals surface area contributed by atoms with Crippen molar-refractivity contribution in [3.8, 4) is 0 Å². The van der Waals surface area contributed by atoms with Crippen LogP contribution in [0.4, 0.5) is 5.69 Å². The molecule has 2 aliphatic rings. The molecule has 176 valence electrons. The summed E-state index contributed by atoms with van der Waals surface area (Å²) in [6.45, 7) is 8.44. The number of anilines is 1. The highest BCUT2D eigenvalue weighted by Gasteiger charge is 2.37. The van der Waals surface area contributed by atoms with Crippen molar-refractivity contribution in [2.45, 2.75) is 64.8 Å². The Morgan fingerprint density at radius 2 is 1.85 bits per heavy atom. The lowest BCUT2D eigenvalue weighted by Crippen LogP contribution is -2.47. The Kier molecular flexibility index (Phi) is 6.86. The Hall–Kier alpha value is -2.70. The fourth-order valence-electron chi connectivity index (χ4n) is 5.16. The van der Waals surface area contributed by atoms with Crippen molar-refractivity contribution in [2.24, 2.45) is 5.41 Å². The van der Waals surface area contributed by atoms with Gasteiger partial charge in [-0.2, -0.15) is 0 Å². The van der Waals surface area contributed by atoms with Crippen molar-refractivity contribution in [2.75, 3.05) is 18.4 Å². The normalized spacial score (nSPS) is 20.2. The molecule has 1 atom stereocenters. The number of nitrogens with zero attached hydrogens (tertiary/aromatic N) is 1. The molecule has 1 fully saturated rings. The predicted molar refractivity (Wildman–Crippen MR) is 130 cm³/mol. The van der Waals surface area contributed by atoms with E-state index in [4.69, 9.17) is 5.21 Å². The van der Waals surface area contributed by atoms with Gasteiger partial charge in [-0.25, -0.2) is 5.48 Å². The molecule has 0 radical (unpaired) electrons. The first-order valence-corrected chi connectivity index (χ1v) is 12.0.